The van der Waals surface area contributed by atoms with Crippen molar-refractivity contribution in [3.05, 3.63) is 0 Å². The number of ether oxygens (including phenoxy) is 1. The van der Waals surface area contributed by atoms with Crippen LogP contribution >= 0.6 is 0 Å². The fraction of sp³-hybridized carbons (Fsp3) is 0.800. The molecule has 1 rings (SSSR count). The summed E-state index contributed by atoms with van der Waals surface area (Å²) in [6.45, 7) is 4.02. The molecular weight excluding hydrogens is 212 g/mol. The molecule has 1 atom stereocenters. The van der Waals surface area contributed by atoms with Gasteiger partial charge in [-0.05, 0) is 20.3 Å². The van der Waals surface area contributed by atoms with E-state index in [-0.39, 0.29) is 12.1 Å². The molecule has 0 saturated carbocycles. The number of nitrogens with zero attached hydrogens (tertiary/aromatic N) is 1. The molecule has 1 heterocycles. The van der Waals surface area contributed by atoms with E-state index in [1.54, 1.807) is 12.0 Å². The van der Waals surface area contributed by atoms with Crippen LogP contribution in [0, 0.1) is 0 Å². The van der Waals surface area contributed by atoms with E-state index in [9.17, 15) is 9.59 Å². The zero-order chi connectivity index (χ0) is 12.3. The van der Waals surface area contributed by atoms with Crippen LogP contribution in [0.4, 0.5) is 4.79 Å². The Labute approximate surface area is 94.6 Å². The highest BCUT2D eigenvalue weighted by molar-refractivity contribution is 5.85. The number of carboxylic acids is 1. The number of urea groups is 1. The van der Waals surface area contributed by atoms with Gasteiger partial charge in [0.1, 0.15) is 5.54 Å². The Kier molecular flexibility index (Phi) is 3.74. The molecule has 0 aromatic rings. The van der Waals surface area contributed by atoms with Crippen LogP contribution in [0.15, 0.2) is 0 Å². The minimum Gasteiger partial charge on any atom is -0.480 e. The average molecular weight is 230 g/mol. The van der Waals surface area contributed by atoms with E-state index in [0.717, 1.165) is 6.42 Å². The minimum atomic E-state index is -1.25. The second-order valence-corrected chi connectivity index (χ2v) is 4.45. The lowest BCUT2D eigenvalue weighted by Gasteiger charge is -2.25. The van der Waals surface area contributed by atoms with Crippen molar-refractivity contribution in [3.8, 4) is 0 Å². The normalized spacial score (nSPS) is 20.9. The van der Waals surface area contributed by atoms with Gasteiger partial charge >= 0.3 is 12.0 Å². The van der Waals surface area contributed by atoms with Gasteiger partial charge in [0.2, 0.25) is 0 Å². The number of aliphatic carboxylic acids is 1. The molecule has 1 saturated heterocycles. The number of carbonyl (C=O) groups excluding carboxylic acids is 1. The number of carbonyl (C=O) groups is 2. The average Bonchev–Trinajstić information content (AvgIpc) is 2.64. The fourth-order valence-electron chi connectivity index (χ4n) is 1.50. The maximum absolute atomic E-state index is 11.7. The number of nitrogens with one attached hydrogen (secondary N) is 1. The highest BCUT2D eigenvalue weighted by Crippen LogP contribution is 2.13. The Balaban J connectivity index is 2.51. The van der Waals surface area contributed by atoms with Crippen LogP contribution in [0.3, 0.4) is 0 Å². The van der Waals surface area contributed by atoms with Crippen molar-refractivity contribution in [1.29, 1.82) is 0 Å². The first kappa shape index (κ1) is 12.8. The van der Waals surface area contributed by atoms with Gasteiger partial charge in [-0.2, -0.15) is 0 Å². The number of hydrogen-bond donors (Lipinski definition) is 2. The summed E-state index contributed by atoms with van der Waals surface area (Å²) in [6.07, 6.45) is 0.843. The zero-order valence-electron chi connectivity index (χ0n) is 9.82. The van der Waals surface area contributed by atoms with Crippen molar-refractivity contribution in [2.24, 2.45) is 0 Å². The van der Waals surface area contributed by atoms with E-state index in [4.69, 9.17) is 9.84 Å². The van der Waals surface area contributed by atoms with Crippen LogP contribution in [-0.4, -0.2) is 53.8 Å². The molecule has 92 valence electrons. The Hall–Kier alpha value is -1.30. The quantitative estimate of drug-likeness (QED) is 0.730. The van der Waals surface area contributed by atoms with Crippen molar-refractivity contribution in [2.45, 2.75) is 31.9 Å². The largest absolute Gasteiger partial charge is 0.480 e. The lowest BCUT2D eigenvalue weighted by atomic mass is 10.1. The van der Waals surface area contributed by atoms with E-state index in [2.05, 4.69) is 5.32 Å². The second kappa shape index (κ2) is 4.69. The summed E-state index contributed by atoms with van der Waals surface area (Å²) < 4.78 is 5.13. The molecule has 0 bridgehead atoms. The van der Waals surface area contributed by atoms with Gasteiger partial charge < -0.3 is 20.1 Å². The predicted octanol–water partition coefficient (Wildman–Crippen LogP) is 0.280. The van der Waals surface area contributed by atoms with Gasteiger partial charge in [-0.25, -0.2) is 9.59 Å². The number of hydrogen-bond acceptors (Lipinski definition) is 3. The second-order valence-electron chi connectivity index (χ2n) is 4.45. The summed E-state index contributed by atoms with van der Waals surface area (Å²) in [5.74, 6) is -1.05. The maximum Gasteiger partial charge on any atom is 0.328 e. The molecule has 2 N–H and O–H groups in total. The number of likely N-dealkylation sites (tertiary alicyclic amines) is 1. The highest BCUT2D eigenvalue weighted by Gasteiger charge is 2.33. The van der Waals surface area contributed by atoms with Gasteiger partial charge in [0.15, 0.2) is 0 Å². The van der Waals surface area contributed by atoms with Gasteiger partial charge in [-0.3, -0.25) is 0 Å². The van der Waals surface area contributed by atoms with E-state index in [0.29, 0.717) is 13.1 Å². The number of carboxylic acid groups (broad SMARTS) is 1. The van der Waals surface area contributed by atoms with Crippen molar-refractivity contribution in [3.63, 3.8) is 0 Å². The molecule has 16 heavy (non-hydrogen) atoms. The van der Waals surface area contributed by atoms with Crippen LogP contribution in [0.2, 0.25) is 0 Å². The van der Waals surface area contributed by atoms with Crippen LogP contribution in [0.1, 0.15) is 20.3 Å². The SMILES string of the molecule is COC1CCN(C(=O)NC(C)(C)C(=O)O)C1. The number of amides is 2. The van der Waals surface area contributed by atoms with Gasteiger partial charge in [-0.1, -0.05) is 0 Å². The molecule has 0 radical (unpaired) electrons. The van der Waals surface area contributed by atoms with Crippen LogP contribution in [0.5, 0.6) is 0 Å². The van der Waals surface area contributed by atoms with Crippen LogP contribution in [0.25, 0.3) is 0 Å². The van der Waals surface area contributed by atoms with E-state index >= 15 is 0 Å². The first-order chi connectivity index (χ1) is 7.36. The van der Waals surface area contributed by atoms with Crippen molar-refractivity contribution < 1.29 is 19.4 Å². The van der Waals surface area contributed by atoms with E-state index in [1.807, 2.05) is 0 Å². The Morgan fingerprint density at radius 2 is 2.12 bits per heavy atom. The smallest absolute Gasteiger partial charge is 0.328 e. The van der Waals surface area contributed by atoms with Crippen molar-refractivity contribution >= 4 is 12.0 Å². The number of rotatable bonds is 3. The van der Waals surface area contributed by atoms with Crippen molar-refractivity contribution in [1.82, 2.24) is 10.2 Å². The predicted molar refractivity (Wildman–Crippen MR) is 57.2 cm³/mol. The Bertz CT molecular complexity index is 291. The van der Waals surface area contributed by atoms with Crippen LogP contribution < -0.4 is 5.32 Å². The third-order valence-corrected chi connectivity index (χ3v) is 2.72. The summed E-state index contributed by atoms with van der Waals surface area (Å²) in [4.78, 5) is 24.1. The topological polar surface area (TPSA) is 78.9 Å². The fourth-order valence-corrected chi connectivity index (χ4v) is 1.50. The molecule has 6 nitrogen and oxygen atoms in total. The van der Waals surface area contributed by atoms with Crippen molar-refractivity contribution in [2.75, 3.05) is 20.2 Å². The van der Waals surface area contributed by atoms with Crippen LogP contribution in [-0.2, 0) is 9.53 Å². The third-order valence-electron chi connectivity index (χ3n) is 2.72. The molecule has 1 fully saturated rings. The third kappa shape index (κ3) is 2.85. The molecule has 0 spiro atoms. The first-order valence-electron chi connectivity index (χ1n) is 5.20. The summed E-state index contributed by atoms with van der Waals surface area (Å²) in [6, 6.07) is -0.355. The van der Waals surface area contributed by atoms with Gasteiger partial charge in [0, 0.05) is 20.2 Å². The molecule has 0 aromatic carbocycles. The molecule has 2 amide bonds. The minimum absolute atomic E-state index is 0.0543. The summed E-state index contributed by atoms with van der Waals surface area (Å²) in [7, 11) is 1.60. The lowest BCUT2D eigenvalue weighted by Crippen LogP contribution is -2.53. The standard InChI is InChI=1S/C10H18N2O4/c1-10(2,8(13)14)11-9(15)12-5-4-7(6-12)16-3/h7H,4-6H2,1-3H3,(H,11,15)(H,13,14). The van der Waals surface area contributed by atoms with Gasteiger partial charge in [0.05, 0.1) is 6.10 Å². The Morgan fingerprint density at radius 3 is 2.56 bits per heavy atom. The lowest BCUT2D eigenvalue weighted by molar-refractivity contribution is -0.143. The van der Waals surface area contributed by atoms with Gasteiger partial charge in [-0.15, -0.1) is 0 Å². The molecule has 0 aromatic heterocycles. The summed E-state index contributed by atoms with van der Waals surface area (Å²) in [5, 5.41) is 11.3. The number of methoxy groups -OCH3 is 1. The van der Waals surface area contributed by atoms with E-state index in [1.165, 1.54) is 13.8 Å². The summed E-state index contributed by atoms with van der Waals surface area (Å²) >= 11 is 0. The summed E-state index contributed by atoms with van der Waals surface area (Å²) in [5.41, 5.74) is -1.25. The molecule has 6 heteroatoms. The highest BCUT2D eigenvalue weighted by atomic mass is 16.5. The molecule has 1 unspecified atom stereocenters. The molecule has 1 aliphatic heterocycles. The van der Waals surface area contributed by atoms with E-state index < -0.39 is 11.5 Å². The molecular formula is C10H18N2O4. The first-order valence-corrected chi connectivity index (χ1v) is 5.20. The monoisotopic (exact) mass is 230 g/mol. The zero-order valence-corrected chi connectivity index (χ0v) is 9.82. The van der Waals surface area contributed by atoms with Gasteiger partial charge in [0.25, 0.3) is 0 Å². The molecule has 1 aliphatic rings. The molecule has 0 aliphatic carbocycles. The Morgan fingerprint density at radius 1 is 1.50 bits per heavy atom. The maximum atomic E-state index is 11.7.